The molecule has 2 rings (SSSR count). The first kappa shape index (κ1) is 32.7. The van der Waals surface area contributed by atoms with E-state index in [1.54, 1.807) is 42.5 Å². The summed E-state index contributed by atoms with van der Waals surface area (Å²) >= 11 is 12.5. The van der Waals surface area contributed by atoms with Gasteiger partial charge in [-0.05, 0) is 75.1 Å². The van der Waals surface area contributed by atoms with Crippen molar-refractivity contribution in [2.75, 3.05) is 23.7 Å². The summed E-state index contributed by atoms with van der Waals surface area (Å²) in [6, 6.07) is 11.0. The minimum Gasteiger partial charge on any atom is -0.494 e. The molecular weight excluding hydrogens is 561 g/mol. The fourth-order valence-corrected chi connectivity index (χ4v) is 5.51. The molecule has 0 radical (unpaired) electrons. The largest absolute Gasteiger partial charge is 0.494 e. The van der Waals surface area contributed by atoms with Gasteiger partial charge in [-0.3, -0.25) is 13.9 Å². The van der Waals surface area contributed by atoms with Crippen LogP contribution in [0.15, 0.2) is 42.5 Å². The van der Waals surface area contributed by atoms with Crippen molar-refractivity contribution in [3.63, 3.8) is 0 Å². The summed E-state index contributed by atoms with van der Waals surface area (Å²) in [5.41, 5.74) is 1.15. The van der Waals surface area contributed by atoms with Crippen LogP contribution in [0.3, 0.4) is 0 Å². The standard InChI is InChI=1S/C28H39Cl2N3O5S/c1-6-20(4)31-28(35)26(7-2)32(19-21-11-12-22(29)18-25(21)30)27(34)10-9-17-33(39(5,36)37)23-13-15-24(16-14-23)38-8-3/h11-16,18,20,26H,6-10,17,19H2,1-5H3,(H,31,35). The van der Waals surface area contributed by atoms with E-state index in [0.717, 1.165) is 12.7 Å². The minimum absolute atomic E-state index is 0.0416. The molecule has 39 heavy (non-hydrogen) atoms. The van der Waals surface area contributed by atoms with Gasteiger partial charge in [-0.2, -0.15) is 0 Å². The number of hydrogen-bond acceptors (Lipinski definition) is 5. The second kappa shape index (κ2) is 15.3. The summed E-state index contributed by atoms with van der Waals surface area (Å²) in [5.74, 6) is 0.132. The number of hydrogen-bond donors (Lipinski definition) is 1. The highest BCUT2D eigenvalue weighted by Crippen LogP contribution is 2.25. The van der Waals surface area contributed by atoms with Crippen LogP contribution in [0, 0.1) is 0 Å². The number of halogens is 2. The second-order valence-corrected chi connectivity index (χ2v) is 12.1. The maximum absolute atomic E-state index is 13.6. The third-order valence-corrected chi connectivity index (χ3v) is 8.11. The van der Waals surface area contributed by atoms with Crippen molar-refractivity contribution in [3.05, 3.63) is 58.1 Å². The van der Waals surface area contributed by atoms with Gasteiger partial charge in [0.1, 0.15) is 11.8 Å². The maximum atomic E-state index is 13.6. The van der Waals surface area contributed by atoms with Gasteiger partial charge >= 0.3 is 0 Å². The van der Waals surface area contributed by atoms with E-state index < -0.39 is 16.1 Å². The Morgan fingerprint density at radius 1 is 1.03 bits per heavy atom. The third-order valence-electron chi connectivity index (χ3n) is 6.33. The molecule has 0 aromatic heterocycles. The first-order valence-electron chi connectivity index (χ1n) is 13.2. The number of carbonyl (C=O) groups excluding carboxylic acids is 2. The number of carbonyl (C=O) groups is 2. The van der Waals surface area contributed by atoms with Gasteiger partial charge in [0, 0.05) is 35.6 Å². The van der Waals surface area contributed by atoms with Gasteiger partial charge in [0.25, 0.3) is 0 Å². The Kier molecular flexibility index (Phi) is 12.9. The van der Waals surface area contributed by atoms with E-state index in [1.165, 1.54) is 9.21 Å². The molecule has 0 aliphatic heterocycles. The molecule has 0 fully saturated rings. The van der Waals surface area contributed by atoms with E-state index in [0.29, 0.717) is 40.1 Å². The van der Waals surface area contributed by atoms with E-state index in [-0.39, 0.29) is 43.8 Å². The second-order valence-electron chi connectivity index (χ2n) is 9.36. The quantitative estimate of drug-likeness (QED) is 0.285. The Labute approximate surface area is 242 Å². The van der Waals surface area contributed by atoms with E-state index in [2.05, 4.69) is 5.32 Å². The predicted octanol–water partition coefficient (Wildman–Crippen LogP) is 5.66. The van der Waals surface area contributed by atoms with Gasteiger partial charge in [0.15, 0.2) is 0 Å². The van der Waals surface area contributed by atoms with Crippen molar-refractivity contribution in [2.24, 2.45) is 0 Å². The van der Waals surface area contributed by atoms with Crippen LogP contribution in [0.2, 0.25) is 10.0 Å². The number of nitrogens with zero attached hydrogens (tertiary/aromatic N) is 2. The first-order valence-corrected chi connectivity index (χ1v) is 15.8. The Morgan fingerprint density at radius 2 is 1.69 bits per heavy atom. The lowest BCUT2D eigenvalue weighted by Crippen LogP contribution is -2.50. The van der Waals surface area contributed by atoms with Crippen LogP contribution in [-0.4, -0.2) is 56.6 Å². The fourth-order valence-electron chi connectivity index (χ4n) is 4.07. The van der Waals surface area contributed by atoms with Crippen LogP contribution < -0.4 is 14.4 Å². The lowest BCUT2D eigenvalue weighted by molar-refractivity contribution is -0.141. The van der Waals surface area contributed by atoms with Crippen LogP contribution in [-0.2, 0) is 26.2 Å². The SMILES string of the molecule is CCOc1ccc(N(CCCC(=O)N(Cc2ccc(Cl)cc2Cl)C(CC)C(=O)NC(C)CC)S(C)(=O)=O)cc1. The van der Waals surface area contributed by atoms with Crippen LogP contribution in [0.5, 0.6) is 5.75 Å². The smallest absolute Gasteiger partial charge is 0.243 e. The molecule has 0 saturated heterocycles. The van der Waals surface area contributed by atoms with Crippen molar-refractivity contribution < 1.29 is 22.7 Å². The van der Waals surface area contributed by atoms with Crippen molar-refractivity contribution >= 4 is 50.7 Å². The van der Waals surface area contributed by atoms with Crippen LogP contribution >= 0.6 is 23.2 Å². The zero-order valence-electron chi connectivity index (χ0n) is 23.2. The third kappa shape index (κ3) is 9.89. The van der Waals surface area contributed by atoms with E-state index in [9.17, 15) is 18.0 Å². The molecule has 2 aromatic carbocycles. The zero-order chi connectivity index (χ0) is 29.2. The molecule has 0 aliphatic carbocycles. The molecular formula is C28H39Cl2N3O5S. The molecule has 11 heteroatoms. The van der Waals surface area contributed by atoms with Crippen LogP contribution in [0.25, 0.3) is 0 Å². The molecule has 0 spiro atoms. The molecule has 8 nitrogen and oxygen atoms in total. The molecule has 2 unspecified atom stereocenters. The molecule has 0 bridgehead atoms. The van der Waals surface area contributed by atoms with Crippen molar-refractivity contribution in [1.82, 2.24) is 10.2 Å². The highest BCUT2D eigenvalue weighted by molar-refractivity contribution is 7.92. The molecule has 1 N–H and O–H groups in total. The lowest BCUT2D eigenvalue weighted by atomic mass is 10.1. The Morgan fingerprint density at radius 3 is 2.23 bits per heavy atom. The molecule has 216 valence electrons. The van der Waals surface area contributed by atoms with Gasteiger partial charge in [-0.1, -0.05) is 43.1 Å². The molecule has 2 amide bonds. The van der Waals surface area contributed by atoms with Gasteiger partial charge < -0.3 is 15.0 Å². The predicted molar refractivity (Wildman–Crippen MR) is 158 cm³/mol. The average molecular weight is 601 g/mol. The highest BCUT2D eigenvalue weighted by atomic mass is 35.5. The highest BCUT2D eigenvalue weighted by Gasteiger charge is 2.30. The van der Waals surface area contributed by atoms with Crippen LogP contribution in [0.4, 0.5) is 5.69 Å². The number of benzene rings is 2. The number of anilines is 1. The van der Waals surface area contributed by atoms with Crippen LogP contribution in [0.1, 0.15) is 58.9 Å². The van der Waals surface area contributed by atoms with Gasteiger partial charge in [0.05, 0.1) is 18.6 Å². The summed E-state index contributed by atoms with van der Waals surface area (Å²) in [6.07, 6.45) is 2.59. The normalized spacial score (nSPS) is 12.9. The Balaban J connectivity index is 2.25. The molecule has 0 heterocycles. The van der Waals surface area contributed by atoms with E-state index in [1.807, 2.05) is 27.7 Å². The number of amides is 2. The first-order chi connectivity index (χ1) is 18.4. The number of ether oxygens (including phenoxy) is 1. The Bertz CT molecular complexity index is 1210. The van der Waals surface area contributed by atoms with Crippen molar-refractivity contribution in [1.29, 1.82) is 0 Å². The zero-order valence-corrected chi connectivity index (χ0v) is 25.6. The summed E-state index contributed by atoms with van der Waals surface area (Å²) in [6.45, 7) is 8.33. The monoisotopic (exact) mass is 599 g/mol. The molecule has 2 atom stereocenters. The molecule has 2 aromatic rings. The summed E-state index contributed by atoms with van der Waals surface area (Å²) in [5, 5.41) is 3.84. The summed E-state index contributed by atoms with van der Waals surface area (Å²) < 4.78 is 31.8. The maximum Gasteiger partial charge on any atom is 0.243 e. The topological polar surface area (TPSA) is 96.0 Å². The van der Waals surface area contributed by atoms with Crippen molar-refractivity contribution in [3.8, 4) is 5.75 Å². The molecule has 0 aliphatic rings. The number of sulfonamides is 1. The lowest BCUT2D eigenvalue weighted by Gasteiger charge is -2.32. The summed E-state index contributed by atoms with van der Waals surface area (Å²) in [7, 11) is -3.60. The van der Waals surface area contributed by atoms with Gasteiger partial charge in [-0.25, -0.2) is 8.42 Å². The van der Waals surface area contributed by atoms with E-state index in [4.69, 9.17) is 27.9 Å². The number of nitrogens with one attached hydrogen (secondary N) is 1. The fraction of sp³-hybridized carbons (Fsp3) is 0.500. The molecule has 0 saturated carbocycles. The Hall–Kier alpha value is -2.49. The van der Waals surface area contributed by atoms with Gasteiger partial charge in [-0.15, -0.1) is 0 Å². The summed E-state index contributed by atoms with van der Waals surface area (Å²) in [4.78, 5) is 28.2. The van der Waals surface area contributed by atoms with Crippen molar-refractivity contribution in [2.45, 2.75) is 72.0 Å². The van der Waals surface area contributed by atoms with Gasteiger partial charge in [0.2, 0.25) is 21.8 Å². The average Bonchev–Trinajstić information content (AvgIpc) is 2.87. The minimum atomic E-state index is -3.60. The van der Waals surface area contributed by atoms with E-state index >= 15 is 0 Å². The number of rotatable bonds is 15.